The molecule has 1 fully saturated rings. The minimum absolute atomic E-state index is 0.287. The molecule has 0 bridgehead atoms. The van der Waals surface area contributed by atoms with E-state index in [-0.39, 0.29) is 5.54 Å². The van der Waals surface area contributed by atoms with E-state index >= 15 is 0 Å². The van der Waals surface area contributed by atoms with Crippen molar-refractivity contribution in [1.82, 2.24) is 9.88 Å². The van der Waals surface area contributed by atoms with Crippen molar-refractivity contribution in [1.29, 1.82) is 0 Å². The van der Waals surface area contributed by atoms with Gasteiger partial charge in [0.05, 0.1) is 0 Å². The molecule has 1 saturated heterocycles. The zero-order valence-corrected chi connectivity index (χ0v) is 12.4. The molecule has 0 saturated carbocycles. The number of aromatic nitrogens is 1. The smallest absolute Gasteiger partial charge is 0.186 e. The van der Waals surface area contributed by atoms with Crippen LogP contribution in [0.2, 0.25) is 0 Å². The van der Waals surface area contributed by atoms with Crippen LogP contribution in [-0.2, 0) is 0 Å². The number of halogens is 1. The zero-order chi connectivity index (χ0) is 11.8. The molecule has 0 unspecified atom stereocenters. The van der Waals surface area contributed by atoms with E-state index in [2.05, 4.69) is 51.5 Å². The molecule has 3 nitrogen and oxygen atoms in total. The summed E-state index contributed by atoms with van der Waals surface area (Å²) in [4.78, 5) is 9.37. The lowest BCUT2D eigenvalue weighted by molar-refractivity contribution is 0.128. The third-order valence-corrected chi connectivity index (χ3v) is 4.57. The number of piperazine rings is 1. The van der Waals surface area contributed by atoms with Crippen LogP contribution >= 0.6 is 27.3 Å². The third kappa shape index (κ3) is 2.76. The molecule has 0 atom stereocenters. The highest BCUT2D eigenvalue weighted by Crippen LogP contribution is 2.25. The number of hydrogen-bond donors (Lipinski definition) is 0. The average molecular weight is 304 g/mol. The van der Waals surface area contributed by atoms with Gasteiger partial charge in [-0.05, 0) is 36.7 Å². The lowest BCUT2D eigenvalue weighted by Crippen LogP contribution is -2.53. The Morgan fingerprint density at radius 2 is 1.88 bits per heavy atom. The van der Waals surface area contributed by atoms with Crippen molar-refractivity contribution in [2.75, 3.05) is 31.1 Å². The van der Waals surface area contributed by atoms with E-state index in [4.69, 9.17) is 0 Å². The van der Waals surface area contributed by atoms with Crippen LogP contribution in [0.5, 0.6) is 0 Å². The predicted octanol–water partition coefficient (Wildman–Crippen LogP) is 2.83. The minimum Gasteiger partial charge on any atom is -0.345 e. The first-order valence-electron chi connectivity index (χ1n) is 5.58. The van der Waals surface area contributed by atoms with E-state index in [1.54, 1.807) is 11.3 Å². The molecule has 5 heteroatoms. The Hall–Kier alpha value is -0.130. The summed E-state index contributed by atoms with van der Waals surface area (Å²) in [6.45, 7) is 11.3. The van der Waals surface area contributed by atoms with Gasteiger partial charge in [-0.2, -0.15) is 0 Å². The largest absolute Gasteiger partial charge is 0.345 e. The summed E-state index contributed by atoms with van der Waals surface area (Å²) in [5.41, 5.74) is 0.287. The summed E-state index contributed by atoms with van der Waals surface area (Å²) in [5, 5.41) is 3.19. The van der Waals surface area contributed by atoms with Gasteiger partial charge in [0.1, 0.15) is 4.60 Å². The topological polar surface area (TPSA) is 19.4 Å². The van der Waals surface area contributed by atoms with Crippen LogP contribution < -0.4 is 4.90 Å². The van der Waals surface area contributed by atoms with Gasteiger partial charge in [-0.3, -0.25) is 4.90 Å². The first kappa shape index (κ1) is 12.3. The van der Waals surface area contributed by atoms with Crippen molar-refractivity contribution in [3.8, 4) is 0 Å². The first-order chi connectivity index (χ1) is 7.47. The van der Waals surface area contributed by atoms with Crippen LogP contribution in [0.4, 0.5) is 5.13 Å². The normalized spacial score (nSPS) is 19.1. The highest BCUT2D eigenvalue weighted by atomic mass is 79.9. The van der Waals surface area contributed by atoms with E-state index in [0.29, 0.717) is 0 Å². The maximum atomic E-state index is 4.46. The van der Waals surface area contributed by atoms with Crippen LogP contribution in [0.15, 0.2) is 9.98 Å². The standard InChI is InChI=1S/C11H18BrN3S/c1-11(2,3)15-6-4-14(5-7-15)10-13-9(12)8-16-10/h8H,4-7H2,1-3H3. The number of nitrogens with zero attached hydrogens (tertiary/aromatic N) is 3. The lowest BCUT2D eigenvalue weighted by Gasteiger charge is -2.42. The SMILES string of the molecule is CC(C)(C)N1CCN(c2nc(Br)cs2)CC1. The van der Waals surface area contributed by atoms with E-state index in [1.807, 2.05) is 5.38 Å². The molecule has 2 heterocycles. The maximum Gasteiger partial charge on any atom is 0.186 e. The van der Waals surface area contributed by atoms with Crippen molar-refractivity contribution in [2.24, 2.45) is 0 Å². The van der Waals surface area contributed by atoms with E-state index in [0.717, 1.165) is 35.9 Å². The van der Waals surface area contributed by atoms with Gasteiger partial charge in [-0.1, -0.05) is 0 Å². The van der Waals surface area contributed by atoms with Crippen LogP contribution in [0.3, 0.4) is 0 Å². The van der Waals surface area contributed by atoms with Gasteiger partial charge in [-0.15, -0.1) is 11.3 Å². The fraction of sp³-hybridized carbons (Fsp3) is 0.727. The minimum atomic E-state index is 0.287. The monoisotopic (exact) mass is 303 g/mol. The number of anilines is 1. The van der Waals surface area contributed by atoms with E-state index in [9.17, 15) is 0 Å². The Bertz CT molecular complexity index is 350. The molecular formula is C11H18BrN3S. The van der Waals surface area contributed by atoms with Crippen LogP contribution in [0.25, 0.3) is 0 Å². The Balaban J connectivity index is 1.95. The van der Waals surface area contributed by atoms with Gasteiger partial charge < -0.3 is 4.90 Å². The van der Waals surface area contributed by atoms with Crippen molar-refractivity contribution in [2.45, 2.75) is 26.3 Å². The lowest BCUT2D eigenvalue weighted by atomic mass is 10.1. The molecule has 0 aromatic carbocycles. The Kier molecular flexibility index (Phi) is 3.56. The van der Waals surface area contributed by atoms with Gasteiger partial charge in [-0.25, -0.2) is 4.98 Å². The zero-order valence-electron chi connectivity index (χ0n) is 10.0. The van der Waals surface area contributed by atoms with Gasteiger partial charge >= 0.3 is 0 Å². The quantitative estimate of drug-likeness (QED) is 0.795. The molecule has 0 spiro atoms. The summed E-state index contributed by atoms with van der Waals surface area (Å²) in [6, 6.07) is 0. The van der Waals surface area contributed by atoms with E-state index < -0.39 is 0 Å². The van der Waals surface area contributed by atoms with Crippen molar-refractivity contribution in [3.63, 3.8) is 0 Å². The molecule has 0 N–H and O–H groups in total. The average Bonchev–Trinajstić information content (AvgIpc) is 2.64. The maximum absolute atomic E-state index is 4.46. The molecule has 2 rings (SSSR count). The predicted molar refractivity (Wildman–Crippen MR) is 73.4 cm³/mol. The summed E-state index contributed by atoms with van der Waals surface area (Å²) >= 11 is 5.12. The first-order valence-corrected chi connectivity index (χ1v) is 7.25. The Morgan fingerprint density at radius 1 is 1.25 bits per heavy atom. The number of thiazole rings is 1. The second-order valence-electron chi connectivity index (χ2n) is 5.10. The molecule has 0 radical (unpaired) electrons. The molecule has 16 heavy (non-hydrogen) atoms. The molecule has 90 valence electrons. The highest BCUT2D eigenvalue weighted by molar-refractivity contribution is 9.10. The summed E-state index contributed by atoms with van der Waals surface area (Å²) in [5.74, 6) is 0. The van der Waals surface area contributed by atoms with Crippen molar-refractivity contribution < 1.29 is 0 Å². The fourth-order valence-corrected chi connectivity index (χ4v) is 3.26. The second-order valence-corrected chi connectivity index (χ2v) is 6.75. The molecular weight excluding hydrogens is 286 g/mol. The van der Waals surface area contributed by atoms with Gasteiger partial charge in [0.15, 0.2) is 5.13 Å². The fourth-order valence-electron chi connectivity index (χ4n) is 1.96. The van der Waals surface area contributed by atoms with Gasteiger partial charge in [0.2, 0.25) is 0 Å². The van der Waals surface area contributed by atoms with Crippen molar-refractivity contribution in [3.05, 3.63) is 9.98 Å². The highest BCUT2D eigenvalue weighted by Gasteiger charge is 2.26. The van der Waals surface area contributed by atoms with Gasteiger partial charge in [0.25, 0.3) is 0 Å². The molecule has 1 aromatic rings. The Morgan fingerprint density at radius 3 is 2.31 bits per heavy atom. The van der Waals surface area contributed by atoms with Crippen molar-refractivity contribution >= 4 is 32.4 Å². The number of rotatable bonds is 1. The van der Waals surface area contributed by atoms with Crippen LogP contribution in [0.1, 0.15) is 20.8 Å². The second kappa shape index (κ2) is 4.63. The molecule has 0 amide bonds. The molecule has 1 aliphatic rings. The van der Waals surface area contributed by atoms with E-state index in [1.165, 1.54) is 0 Å². The molecule has 0 aliphatic carbocycles. The molecule has 1 aromatic heterocycles. The summed E-state index contributed by atoms with van der Waals surface area (Å²) in [6.07, 6.45) is 0. The third-order valence-electron chi connectivity index (χ3n) is 2.96. The van der Waals surface area contributed by atoms with Crippen LogP contribution in [-0.4, -0.2) is 41.6 Å². The summed E-state index contributed by atoms with van der Waals surface area (Å²) < 4.78 is 0.950. The summed E-state index contributed by atoms with van der Waals surface area (Å²) in [7, 11) is 0. The van der Waals surface area contributed by atoms with Gasteiger partial charge in [0, 0.05) is 37.1 Å². The van der Waals surface area contributed by atoms with Crippen LogP contribution in [0, 0.1) is 0 Å². The Labute approximate surface area is 110 Å². The molecule has 1 aliphatic heterocycles. The number of hydrogen-bond acceptors (Lipinski definition) is 4.